The minimum absolute atomic E-state index is 0.0166. The quantitative estimate of drug-likeness (QED) is 0.740. The number of halogens is 2. The molecule has 1 aromatic rings. The molecule has 0 saturated heterocycles. The maximum atomic E-state index is 12.9. The van der Waals surface area contributed by atoms with Gasteiger partial charge in [0, 0.05) is 17.1 Å². The molecular formula is C8H9ClFNO. The third-order valence-electron chi connectivity index (χ3n) is 1.54. The van der Waals surface area contributed by atoms with Gasteiger partial charge in [-0.2, -0.15) is 0 Å². The molecule has 0 bridgehead atoms. The van der Waals surface area contributed by atoms with Gasteiger partial charge in [-0.25, -0.2) is 4.39 Å². The van der Waals surface area contributed by atoms with Crippen LogP contribution >= 0.6 is 11.6 Å². The van der Waals surface area contributed by atoms with Crippen molar-refractivity contribution < 1.29 is 9.50 Å². The predicted molar refractivity (Wildman–Crippen MR) is 45.4 cm³/mol. The number of benzene rings is 1. The lowest BCUT2D eigenvalue weighted by atomic mass is 10.1. The van der Waals surface area contributed by atoms with Crippen molar-refractivity contribution in [2.24, 2.45) is 5.73 Å². The lowest BCUT2D eigenvalue weighted by molar-refractivity contribution is 0.182. The molecule has 1 atom stereocenters. The topological polar surface area (TPSA) is 46.2 Å². The second-order valence-corrected chi connectivity index (χ2v) is 2.85. The van der Waals surface area contributed by atoms with Crippen LogP contribution in [0.25, 0.3) is 0 Å². The molecule has 0 amide bonds. The van der Waals surface area contributed by atoms with Crippen molar-refractivity contribution in [3.8, 4) is 0 Å². The normalized spacial score (nSPS) is 13.0. The highest BCUT2D eigenvalue weighted by atomic mass is 35.5. The Bertz CT molecular complexity index is 280. The summed E-state index contributed by atoms with van der Waals surface area (Å²) < 4.78 is 12.9. The summed E-state index contributed by atoms with van der Waals surface area (Å²) in [7, 11) is 0. The van der Waals surface area contributed by atoms with Crippen molar-refractivity contribution >= 4 is 11.6 Å². The molecule has 1 unspecified atom stereocenters. The average Bonchev–Trinajstić information content (AvgIpc) is 2.08. The molecule has 0 spiro atoms. The van der Waals surface area contributed by atoms with Crippen molar-refractivity contribution in [3.05, 3.63) is 34.6 Å². The van der Waals surface area contributed by atoms with E-state index in [0.717, 1.165) is 0 Å². The van der Waals surface area contributed by atoms with Crippen LogP contribution in [-0.4, -0.2) is 11.7 Å². The lowest BCUT2D eigenvalue weighted by Crippen LogP contribution is -2.12. The Morgan fingerprint density at radius 2 is 2.25 bits per heavy atom. The highest BCUT2D eigenvalue weighted by molar-refractivity contribution is 6.30. The first kappa shape index (κ1) is 9.45. The Labute approximate surface area is 74.8 Å². The van der Waals surface area contributed by atoms with Gasteiger partial charge >= 0.3 is 0 Å². The number of hydrogen-bond donors (Lipinski definition) is 2. The first-order chi connectivity index (χ1) is 5.65. The van der Waals surface area contributed by atoms with Crippen molar-refractivity contribution in [1.29, 1.82) is 0 Å². The second kappa shape index (κ2) is 3.85. The monoisotopic (exact) mass is 189 g/mol. The van der Waals surface area contributed by atoms with Gasteiger partial charge in [0.1, 0.15) is 5.82 Å². The fourth-order valence-corrected chi connectivity index (χ4v) is 1.08. The van der Waals surface area contributed by atoms with Crippen LogP contribution in [0.1, 0.15) is 11.7 Å². The van der Waals surface area contributed by atoms with E-state index in [-0.39, 0.29) is 12.1 Å². The van der Waals surface area contributed by atoms with Crippen LogP contribution in [0.2, 0.25) is 5.02 Å². The van der Waals surface area contributed by atoms with E-state index in [2.05, 4.69) is 0 Å². The van der Waals surface area contributed by atoms with Gasteiger partial charge in [0.05, 0.1) is 6.10 Å². The molecule has 0 aliphatic heterocycles. The second-order valence-electron chi connectivity index (χ2n) is 2.42. The van der Waals surface area contributed by atoms with Crippen LogP contribution in [0, 0.1) is 5.82 Å². The Morgan fingerprint density at radius 1 is 1.58 bits per heavy atom. The lowest BCUT2D eigenvalue weighted by Gasteiger charge is -2.08. The zero-order valence-corrected chi connectivity index (χ0v) is 7.05. The Kier molecular flexibility index (Phi) is 3.03. The largest absolute Gasteiger partial charge is 0.387 e. The summed E-state index contributed by atoms with van der Waals surface area (Å²) in [6.07, 6.45) is -0.983. The highest BCUT2D eigenvalue weighted by Crippen LogP contribution is 2.20. The summed E-state index contributed by atoms with van der Waals surface area (Å²) in [5.74, 6) is -0.489. The third-order valence-corrected chi connectivity index (χ3v) is 1.78. The molecule has 0 fully saturated rings. The van der Waals surface area contributed by atoms with Crippen LogP contribution in [-0.2, 0) is 0 Å². The van der Waals surface area contributed by atoms with Crippen molar-refractivity contribution in [3.63, 3.8) is 0 Å². The van der Waals surface area contributed by atoms with E-state index < -0.39 is 11.9 Å². The third kappa shape index (κ3) is 1.94. The van der Waals surface area contributed by atoms with E-state index in [0.29, 0.717) is 5.02 Å². The van der Waals surface area contributed by atoms with Gasteiger partial charge in [-0.05, 0) is 18.2 Å². The standard InChI is InChI=1S/C8H9ClFNO/c9-5-1-2-7(10)6(3-5)8(12)4-11/h1-3,8,12H,4,11H2. The molecular weight excluding hydrogens is 181 g/mol. The van der Waals surface area contributed by atoms with Crippen LogP contribution in [0.3, 0.4) is 0 Å². The Balaban J connectivity index is 3.04. The average molecular weight is 190 g/mol. The molecule has 0 aliphatic rings. The maximum Gasteiger partial charge on any atom is 0.129 e. The van der Waals surface area contributed by atoms with Gasteiger partial charge in [-0.1, -0.05) is 11.6 Å². The van der Waals surface area contributed by atoms with E-state index >= 15 is 0 Å². The fourth-order valence-electron chi connectivity index (χ4n) is 0.897. The molecule has 0 radical (unpaired) electrons. The molecule has 1 rings (SSSR count). The summed E-state index contributed by atoms with van der Waals surface area (Å²) in [5.41, 5.74) is 5.31. The Hall–Kier alpha value is -0.640. The molecule has 0 heterocycles. The number of hydrogen-bond acceptors (Lipinski definition) is 2. The fraction of sp³-hybridized carbons (Fsp3) is 0.250. The van der Waals surface area contributed by atoms with Gasteiger partial charge in [-0.3, -0.25) is 0 Å². The van der Waals surface area contributed by atoms with Gasteiger partial charge in [-0.15, -0.1) is 0 Å². The van der Waals surface area contributed by atoms with Gasteiger partial charge in [0.2, 0.25) is 0 Å². The van der Waals surface area contributed by atoms with Crippen molar-refractivity contribution in [2.45, 2.75) is 6.10 Å². The minimum Gasteiger partial charge on any atom is -0.387 e. The molecule has 4 heteroatoms. The number of nitrogens with two attached hydrogens (primary N) is 1. The summed E-state index contributed by atoms with van der Waals surface area (Å²) in [4.78, 5) is 0. The first-order valence-electron chi connectivity index (χ1n) is 3.48. The number of aliphatic hydroxyl groups excluding tert-OH is 1. The zero-order chi connectivity index (χ0) is 9.14. The van der Waals surface area contributed by atoms with Gasteiger partial charge in [0.25, 0.3) is 0 Å². The Morgan fingerprint density at radius 3 is 2.83 bits per heavy atom. The van der Waals surface area contributed by atoms with Gasteiger partial charge in [0.15, 0.2) is 0 Å². The summed E-state index contributed by atoms with van der Waals surface area (Å²) in [6.45, 7) is -0.0166. The number of aliphatic hydroxyl groups is 1. The highest BCUT2D eigenvalue weighted by Gasteiger charge is 2.10. The van der Waals surface area contributed by atoms with Gasteiger partial charge < -0.3 is 10.8 Å². The molecule has 0 aromatic heterocycles. The number of rotatable bonds is 2. The molecule has 0 aliphatic carbocycles. The SMILES string of the molecule is NCC(O)c1cc(Cl)ccc1F. The molecule has 12 heavy (non-hydrogen) atoms. The van der Waals surface area contributed by atoms with Crippen LogP contribution < -0.4 is 5.73 Å². The summed E-state index contributed by atoms with van der Waals surface area (Å²) >= 11 is 5.60. The molecule has 1 aromatic carbocycles. The van der Waals surface area contributed by atoms with E-state index in [1.807, 2.05) is 0 Å². The first-order valence-corrected chi connectivity index (χ1v) is 3.86. The van der Waals surface area contributed by atoms with E-state index in [1.165, 1.54) is 18.2 Å². The minimum atomic E-state index is -0.983. The van der Waals surface area contributed by atoms with E-state index in [9.17, 15) is 9.50 Å². The zero-order valence-electron chi connectivity index (χ0n) is 6.30. The van der Waals surface area contributed by atoms with Crippen molar-refractivity contribution in [2.75, 3.05) is 6.54 Å². The van der Waals surface area contributed by atoms with Crippen LogP contribution in [0.4, 0.5) is 4.39 Å². The molecule has 0 saturated carbocycles. The van der Waals surface area contributed by atoms with E-state index in [4.69, 9.17) is 17.3 Å². The predicted octanol–water partition coefficient (Wildman–Crippen LogP) is 1.47. The smallest absolute Gasteiger partial charge is 0.129 e. The molecule has 3 N–H and O–H groups in total. The molecule has 66 valence electrons. The maximum absolute atomic E-state index is 12.9. The van der Waals surface area contributed by atoms with Crippen LogP contribution in [0.15, 0.2) is 18.2 Å². The summed E-state index contributed by atoms with van der Waals surface area (Å²) in [5, 5.41) is 9.60. The molecule has 2 nitrogen and oxygen atoms in total. The van der Waals surface area contributed by atoms with E-state index in [1.54, 1.807) is 0 Å². The van der Waals surface area contributed by atoms with Crippen molar-refractivity contribution in [1.82, 2.24) is 0 Å². The van der Waals surface area contributed by atoms with Crippen LogP contribution in [0.5, 0.6) is 0 Å². The summed E-state index contributed by atoms with van der Waals surface area (Å²) in [6, 6.07) is 3.99.